The number of carbonyl (C=O) groups is 1. The van der Waals surface area contributed by atoms with Gasteiger partial charge in [-0.15, -0.1) is 0 Å². The van der Waals surface area contributed by atoms with Gasteiger partial charge in [0.2, 0.25) is 15.9 Å². The van der Waals surface area contributed by atoms with E-state index in [0.717, 1.165) is 35.7 Å². The number of hydrogen-bond donors (Lipinski definition) is 1. The number of anilines is 1. The standard InChI is InChI=1S/C22H27FN2O3S/c1-3-16-8-7-9-17(4-2)21(16)24-22(26)18-12-14-25(15-13-18)29(27,28)20-11-6-5-10-19(20)23/h5-11,18H,3-4,12-15H2,1-2H3,(H,24,26). The minimum Gasteiger partial charge on any atom is -0.325 e. The number of halogens is 1. The highest BCUT2D eigenvalue weighted by molar-refractivity contribution is 7.89. The van der Waals surface area contributed by atoms with Crippen molar-refractivity contribution < 1.29 is 17.6 Å². The summed E-state index contributed by atoms with van der Waals surface area (Å²) in [7, 11) is -3.90. The molecule has 0 saturated carbocycles. The Morgan fingerprint density at radius 1 is 1.03 bits per heavy atom. The summed E-state index contributed by atoms with van der Waals surface area (Å²) in [5.74, 6) is -1.10. The molecule has 0 aliphatic carbocycles. The molecule has 0 spiro atoms. The Morgan fingerprint density at radius 2 is 1.62 bits per heavy atom. The number of amides is 1. The Hall–Kier alpha value is -2.25. The fourth-order valence-electron chi connectivity index (χ4n) is 3.78. The number of aryl methyl sites for hydroxylation is 2. The fourth-order valence-corrected chi connectivity index (χ4v) is 5.31. The van der Waals surface area contributed by atoms with Gasteiger partial charge in [0.15, 0.2) is 0 Å². The van der Waals surface area contributed by atoms with Crippen LogP contribution in [0.15, 0.2) is 47.4 Å². The van der Waals surface area contributed by atoms with Gasteiger partial charge >= 0.3 is 0 Å². The monoisotopic (exact) mass is 418 g/mol. The molecule has 0 unspecified atom stereocenters. The lowest BCUT2D eigenvalue weighted by Gasteiger charge is -2.31. The molecule has 0 aromatic heterocycles. The zero-order valence-electron chi connectivity index (χ0n) is 16.8. The van der Waals surface area contributed by atoms with Gasteiger partial charge in [-0.2, -0.15) is 4.31 Å². The van der Waals surface area contributed by atoms with Crippen LogP contribution in [0.2, 0.25) is 0 Å². The van der Waals surface area contributed by atoms with E-state index in [4.69, 9.17) is 0 Å². The van der Waals surface area contributed by atoms with Gasteiger partial charge in [-0.3, -0.25) is 4.79 Å². The summed E-state index contributed by atoms with van der Waals surface area (Å²) in [6, 6.07) is 11.4. The molecule has 7 heteroatoms. The van der Waals surface area contributed by atoms with Crippen LogP contribution in [0, 0.1) is 11.7 Å². The molecule has 1 aliphatic heterocycles. The number of piperidine rings is 1. The smallest absolute Gasteiger partial charge is 0.245 e. The molecule has 2 aromatic carbocycles. The van der Waals surface area contributed by atoms with E-state index in [2.05, 4.69) is 19.2 Å². The second-order valence-electron chi connectivity index (χ2n) is 7.26. The molecule has 1 fully saturated rings. The third-order valence-electron chi connectivity index (χ3n) is 5.53. The maximum absolute atomic E-state index is 14.0. The second kappa shape index (κ2) is 9.05. The molecule has 1 saturated heterocycles. The summed E-state index contributed by atoms with van der Waals surface area (Å²) in [5, 5.41) is 3.08. The van der Waals surface area contributed by atoms with Crippen LogP contribution in [-0.2, 0) is 27.7 Å². The molecule has 1 aliphatic rings. The van der Waals surface area contributed by atoms with E-state index < -0.39 is 15.8 Å². The van der Waals surface area contributed by atoms with Gasteiger partial charge in [0.1, 0.15) is 10.7 Å². The molecule has 1 N–H and O–H groups in total. The third kappa shape index (κ3) is 4.51. The molecule has 1 amide bonds. The van der Waals surface area contributed by atoms with Crippen LogP contribution < -0.4 is 5.32 Å². The maximum atomic E-state index is 14.0. The molecule has 156 valence electrons. The van der Waals surface area contributed by atoms with E-state index in [9.17, 15) is 17.6 Å². The largest absolute Gasteiger partial charge is 0.325 e. The molecule has 0 bridgehead atoms. The van der Waals surface area contributed by atoms with Crippen molar-refractivity contribution in [2.75, 3.05) is 18.4 Å². The molecule has 0 atom stereocenters. The molecule has 29 heavy (non-hydrogen) atoms. The number of benzene rings is 2. The zero-order valence-corrected chi connectivity index (χ0v) is 17.6. The number of nitrogens with one attached hydrogen (secondary N) is 1. The van der Waals surface area contributed by atoms with Crippen molar-refractivity contribution in [3.63, 3.8) is 0 Å². The molecule has 1 heterocycles. The molecular weight excluding hydrogens is 391 g/mol. The summed E-state index contributed by atoms with van der Waals surface area (Å²) in [5.41, 5.74) is 3.07. The molecule has 5 nitrogen and oxygen atoms in total. The van der Waals surface area contributed by atoms with Crippen molar-refractivity contribution >= 4 is 21.6 Å². The van der Waals surface area contributed by atoms with Crippen molar-refractivity contribution in [1.29, 1.82) is 0 Å². The minimum absolute atomic E-state index is 0.0801. The average molecular weight is 419 g/mol. The average Bonchev–Trinajstić information content (AvgIpc) is 2.74. The first-order chi connectivity index (χ1) is 13.9. The molecule has 0 radical (unpaired) electrons. The Balaban J connectivity index is 1.69. The second-order valence-corrected chi connectivity index (χ2v) is 9.16. The van der Waals surface area contributed by atoms with Crippen LogP contribution in [0.1, 0.15) is 37.8 Å². The van der Waals surface area contributed by atoms with Crippen LogP contribution in [0.4, 0.5) is 10.1 Å². The minimum atomic E-state index is -3.90. The summed E-state index contributed by atoms with van der Waals surface area (Å²) >= 11 is 0. The number of nitrogens with zero attached hydrogens (tertiary/aromatic N) is 1. The van der Waals surface area contributed by atoms with Crippen molar-refractivity contribution in [1.82, 2.24) is 4.31 Å². The van der Waals surface area contributed by atoms with E-state index in [0.29, 0.717) is 12.8 Å². The van der Waals surface area contributed by atoms with Crippen molar-refractivity contribution in [2.24, 2.45) is 5.92 Å². The SMILES string of the molecule is CCc1cccc(CC)c1NC(=O)C1CCN(S(=O)(=O)c2ccccc2F)CC1. The van der Waals surface area contributed by atoms with E-state index in [1.807, 2.05) is 18.2 Å². The number of hydrogen-bond acceptors (Lipinski definition) is 3. The molecular formula is C22H27FN2O3S. The first kappa shape index (κ1) is 21.5. The fraction of sp³-hybridized carbons (Fsp3) is 0.409. The summed E-state index contributed by atoms with van der Waals surface area (Å²) in [6.07, 6.45) is 2.47. The van der Waals surface area contributed by atoms with Crippen molar-refractivity contribution in [3.05, 3.63) is 59.4 Å². The van der Waals surface area contributed by atoms with Gasteiger partial charge < -0.3 is 5.32 Å². The number of para-hydroxylation sites is 1. The van der Waals surface area contributed by atoms with Gasteiger partial charge in [0.05, 0.1) is 0 Å². The lowest BCUT2D eigenvalue weighted by Crippen LogP contribution is -2.41. The Morgan fingerprint density at radius 3 is 2.17 bits per heavy atom. The normalized spacial score (nSPS) is 16.0. The highest BCUT2D eigenvalue weighted by Crippen LogP contribution is 2.28. The van der Waals surface area contributed by atoms with E-state index in [-0.39, 0.29) is 29.8 Å². The topological polar surface area (TPSA) is 66.5 Å². The molecule has 3 rings (SSSR count). The lowest BCUT2D eigenvalue weighted by atomic mass is 9.96. The summed E-state index contributed by atoms with van der Waals surface area (Å²) in [6.45, 7) is 4.50. The van der Waals surface area contributed by atoms with E-state index in [1.54, 1.807) is 0 Å². The Labute approximate surface area is 172 Å². The van der Waals surface area contributed by atoms with E-state index >= 15 is 0 Å². The first-order valence-corrected chi connectivity index (χ1v) is 11.5. The van der Waals surface area contributed by atoms with Crippen molar-refractivity contribution in [2.45, 2.75) is 44.4 Å². The van der Waals surface area contributed by atoms with Crippen LogP contribution in [0.3, 0.4) is 0 Å². The van der Waals surface area contributed by atoms with Crippen LogP contribution in [-0.4, -0.2) is 31.7 Å². The summed E-state index contributed by atoms with van der Waals surface area (Å²) < 4.78 is 40.7. The zero-order chi connectivity index (χ0) is 21.0. The van der Waals surface area contributed by atoms with Crippen molar-refractivity contribution in [3.8, 4) is 0 Å². The van der Waals surface area contributed by atoms with Gasteiger partial charge in [-0.1, -0.05) is 44.2 Å². The Bertz CT molecular complexity index is 961. The van der Waals surface area contributed by atoms with Gasteiger partial charge in [0.25, 0.3) is 0 Å². The quantitative estimate of drug-likeness (QED) is 0.771. The summed E-state index contributed by atoms with van der Waals surface area (Å²) in [4.78, 5) is 12.5. The predicted molar refractivity (Wildman–Crippen MR) is 112 cm³/mol. The number of sulfonamides is 1. The Kier molecular flexibility index (Phi) is 6.70. The highest BCUT2D eigenvalue weighted by Gasteiger charge is 2.33. The highest BCUT2D eigenvalue weighted by atomic mass is 32.2. The van der Waals surface area contributed by atoms with E-state index in [1.165, 1.54) is 22.5 Å². The predicted octanol–water partition coefficient (Wildman–Crippen LogP) is 3.99. The third-order valence-corrected chi connectivity index (χ3v) is 7.46. The van der Waals surface area contributed by atoms with Gasteiger partial charge in [-0.25, -0.2) is 12.8 Å². The lowest BCUT2D eigenvalue weighted by molar-refractivity contribution is -0.120. The van der Waals surface area contributed by atoms with Crippen LogP contribution >= 0.6 is 0 Å². The first-order valence-electron chi connectivity index (χ1n) is 10.0. The molecule has 2 aromatic rings. The number of rotatable bonds is 6. The van der Waals surface area contributed by atoms with Crippen LogP contribution in [0.5, 0.6) is 0 Å². The number of carbonyl (C=O) groups excluding carboxylic acids is 1. The maximum Gasteiger partial charge on any atom is 0.245 e. The van der Waals surface area contributed by atoms with Gasteiger partial charge in [0, 0.05) is 24.7 Å². The van der Waals surface area contributed by atoms with Crippen LogP contribution in [0.25, 0.3) is 0 Å². The van der Waals surface area contributed by atoms with Gasteiger partial charge in [-0.05, 0) is 48.9 Å².